The van der Waals surface area contributed by atoms with Gasteiger partial charge in [0, 0.05) is 12.1 Å². The number of nitrogens with zero attached hydrogens (tertiary/aromatic N) is 1. The monoisotopic (exact) mass is 383 g/mol. The Morgan fingerprint density at radius 3 is 1.63 bits per heavy atom. The quantitative estimate of drug-likeness (QED) is 0.264. The summed E-state index contributed by atoms with van der Waals surface area (Å²) in [5, 5.41) is 10.4. The van der Waals surface area contributed by atoms with Gasteiger partial charge in [-0.1, -0.05) is 61.3 Å². The van der Waals surface area contributed by atoms with Crippen molar-refractivity contribution >= 4 is 5.69 Å². The highest BCUT2D eigenvalue weighted by Gasteiger charge is 2.04. The Kier molecular flexibility index (Phi) is 18.2. The summed E-state index contributed by atoms with van der Waals surface area (Å²) in [5.41, 5.74) is 0.0632. The molecule has 158 valence electrons. The van der Waals surface area contributed by atoms with Crippen molar-refractivity contribution < 1.29 is 14.4 Å². The largest absolute Gasteiger partial charge is 0.491 e. The highest BCUT2D eigenvalue weighted by Crippen LogP contribution is 2.17. The van der Waals surface area contributed by atoms with Gasteiger partial charge in [-0.2, -0.15) is 0 Å². The normalized spacial score (nSPS) is 11.2. The summed E-state index contributed by atoms with van der Waals surface area (Å²) in [6.07, 6.45) is 3.81. The fourth-order valence-electron chi connectivity index (χ4n) is 1.19. The van der Waals surface area contributed by atoms with Gasteiger partial charge in [-0.25, -0.2) is 0 Å². The fraction of sp³-hybridized carbons (Fsp3) is 0.727. The van der Waals surface area contributed by atoms with Gasteiger partial charge in [-0.15, -0.1) is 0 Å². The van der Waals surface area contributed by atoms with Crippen LogP contribution < -0.4 is 4.74 Å². The van der Waals surface area contributed by atoms with Gasteiger partial charge in [0.15, 0.2) is 0 Å². The lowest BCUT2D eigenvalue weighted by Gasteiger charge is -2.11. The molecule has 0 fully saturated rings. The number of nitro groups is 1. The third kappa shape index (κ3) is 19.0. The molecule has 0 aromatic heterocycles. The van der Waals surface area contributed by atoms with Crippen molar-refractivity contribution in [3.63, 3.8) is 0 Å². The molecule has 0 N–H and O–H groups in total. The van der Waals surface area contributed by atoms with Crippen molar-refractivity contribution in [3.05, 3.63) is 34.4 Å². The molecule has 0 saturated heterocycles. The van der Waals surface area contributed by atoms with E-state index in [0.717, 1.165) is 18.3 Å². The van der Waals surface area contributed by atoms with E-state index in [1.54, 1.807) is 12.1 Å². The van der Waals surface area contributed by atoms with Crippen LogP contribution in [0.1, 0.15) is 74.7 Å². The standard InChI is InChI=1S/C12H17NO4.2C5H12/c1-3-10(2)16-8-9-17-12-6-4-11(5-7-12)13(14)15;2*1-4-5(2)3/h4-7,10H,3,8-9H2,1-2H3;2*5H,4H2,1-3H3. The maximum Gasteiger partial charge on any atom is 0.269 e. The van der Waals surface area contributed by atoms with E-state index in [-0.39, 0.29) is 11.8 Å². The topological polar surface area (TPSA) is 61.6 Å². The Bertz CT molecular complexity index is 450. The zero-order valence-corrected chi connectivity index (χ0v) is 18.7. The molecule has 1 rings (SSSR count). The lowest BCUT2D eigenvalue weighted by atomic mass is 10.2. The third-order valence-electron chi connectivity index (χ3n) is 4.01. The minimum atomic E-state index is -0.435. The van der Waals surface area contributed by atoms with Gasteiger partial charge >= 0.3 is 0 Å². The Morgan fingerprint density at radius 2 is 1.30 bits per heavy atom. The first kappa shape index (κ1) is 27.6. The number of rotatable bonds is 9. The molecule has 0 spiro atoms. The van der Waals surface area contributed by atoms with Gasteiger partial charge in [-0.05, 0) is 37.3 Å². The average molecular weight is 384 g/mol. The first-order valence-electron chi connectivity index (χ1n) is 10.2. The fourth-order valence-corrected chi connectivity index (χ4v) is 1.19. The minimum Gasteiger partial charge on any atom is -0.491 e. The zero-order valence-electron chi connectivity index (χ0n) is 18.7. The molecule has 0 amide bonds. The molecule has 5 nitrogen and oxygen atoms in total. The predicted octanol–water partition coefficient (Wildman–Crippen LogP) is 6.89. The van der Waals surface area contributed by atoms with Crippen LogP contribution in [-0.2, 0) is 4.74 Å². The number of nitro benzene ring substituents is 1. The summed E-state index contributed by atoms with van der Waals surface area (Å²) in [7, 11) is 0. The second-order valence-electron chi connectivity index (χ2n) is 7.29. The van der Waals surface area contributed by atoms with Crippen LogP contribution in [0.4, 0.5) is 5.69 Å². The smallest absolute Gasteiger partial charge is 0.269 e. The molecule has 0 heterocycles. The van der Waals surface area contributed by atoms with Gasteiger partial charge in [0.2, 0.25) is 0 Å². The van der Waals surface area contributed by atoms with E-state index in [4.69, 9.17) is 9.47 Å². The van der Waals surface area contributed by atoms with Crippen LogP contribution in [0.2, 0.25) is 0 Å². The summed E-state index contributed by atoms with van der Waals surface area (Å²) in [4.78, 5) is 9.99. The van der Waals surface area contributed by atoms with E-state index in [1.165, 1.54) is 25.0 Å². The van der Waals surface area contributed by atoms with E-state index in [1.807, 2.05) is 6.92 Å². The second-order valence-corrected chi connectivity index (χ2v) is 7.29. The Morgan fingerprint density at radius 1 is 0.852 bits per heavy atom. The molecule has 0 aliphatic carbocycles. The van der Waals surface area contributed by atoms with Crippen LogP contribution in [0.25, 0.3) is 0 Å². The molecule has 5 heteroatoms. The number of hydrogen-bond acceptors (Lipinski definition) is 4. The van der Waals surface area contributed by atoms with Crippen molar-refractivity contribution in [3.8, 4) is 5.75 Å². The number of hydrogen-bond donors (Lipinski definition) is 0. The molecular formula is C22H41NO4. The number of non-ortho nitro benzene ring substituents is 1. The van der Waals surface area contributed by atoms with Gasteiger partial charge < -0.3 is 9.47 Å². The van der Waals surface area contributed by atoms with Crippen molar-refractivity contribution in [2.75, 3.05) is 13.2 Å². The van der Waals surface area contributed by atoms with E-state index in [9.17, 15) is 10.1 Å². The van der Waals surface area contributed by atoms with Crippen molar-refractivity contribution in [2.24, 2.45) is 11.8 Å². The molecule has 1 aromatic rings. The van der Waals surface area contributed by atoms with E-state index in [0.29, 0.717) is 19.0 Å². The average Bonchev–Trinajstić information content (AvgIpc) is 2.66. The predicted molar refractivity (Wildman–Crippen MR) is 115 cm³/mol. The molecule has 0 radical (unpaired) electrons. The lowest BCUT2D eigenvalue weighted by Crippen LogP contribution is -2.13. The molecule has 0 aliphatic rings. The van der Waals surface area contributed by atoms with Gasteiger partial charge in [0.1, 0.15) is 12.4 Å². The first-order chi connectivity index (χ1) is 12.7. The molecule has 0 bridgehead atoms. The van der Waals surface area contributed by atoms with Crippen LogP contribution in [0.15, 0.2) is 24.3 Å². The number of ether oxygens (including phenoxy) is 2. The van der Waals surface area contributed by atoms with Crippen LogP contribution >= 0.6 is 0 Å². The summed E-state index contributed by atoms with van der Waals surface area (Å²) in [6, 6.07) is 6.01. The number of benzene rings is 1. The molecule has 1 unspecified atom stereocenters. The van der Waals surface area contributed by atoms with Gasteiger partial charge in [-0.3, -0.25) is 10.1 Å². The highest BCUT2D eigenvalue weighted by atomic mass is 16.6. The Hall–Kier alpha value is -1.62. The third-order valence-corrected chi connectivity index (χ3v) is 4.01. The summed E-state index contributed by atoms with van der Waals surface area (Å²) in [5.74, 6) is 2.38. The molecule has 0 aliphatic heterocycles. The molecular weight excluding hydrogens is 342 g/mol. The van der Waals surface area contributed by atoms with E-state index >= 15 is 0 Å². The van der Waals surface area contributed by atoms with Crippen molar-refractivity contribution in [1.29, 1.82) is 0 Å². The highest BCUT2D eigenvalue weighted by molar-refractivity contribution is 5.35. The SMILES string of the molecule is CCC(C)C.CCC(C)C.CCC(C)OCCOc1ccc([N+](=O)[O-])cc1. The van der Waals surface area contributed by atoms with Gasteiger partial charge in [0.25, 0.3) is 5.69 Å². The maximum atomic E-state index is 10.4. The van der Waals surface area contributed by atoms with E-state index in [2.05, 4.69) is 48.5 Å². The Balaban J connectivity index is 0. The van der Waals surface area contributed by atoms with Crippen LogP contribution in [0.5, 0.6) is 5.75 Å². The second kappa shape index (κ2) is 17.8. The maximum absolute atomic E-state index is 10.4. The van der Waals surface area contributed by atoms with E-state index < -0.39 is 4.92 Å². The summed E-state index contributed by atoms with van der Waals surface area (Å²) in [6.45, 7) is 18.3. The van der Waals surface area contributed by atoms with Crippen molar-refractivity contribution in [1.82, 2.24) is 0 Å². The first-order valence-corrected chi connectivity index (χ1v) is 10.2. The molecule has 27 heavy (non-hydrogen) atoms. The summed E-state index contributed by atoms with van der Waals surface area (Å²) >= 11 is 0. The molecule has 0 saturated carbocycles. The summed E-state index contributed by atoms with van der Waals surface area (Å²) < 4.78 is 10.8. The minimum absolute atomic E-state index is 0.0632. The van der Waals surface area contributed by atoms with Crippen LogP contribution in [-0.4, -0.2) is 24.2 Å². The van der Waals surface area contributed by atoms with Gasteiger partial charge in [0.05, 0.1) is 17.6 Å². The van der Waals surface area contributed by atoms with Crippen molar-refractivity contribution in [2.45, 2.75) is 80.8 Å². The zero-order chi connectivity index (χ0) is 21.2. The lowest BCUT2D eigenvalue weighted by molar-refractivity contribution is -0.384. The molecule has 1 aromatic carbocycles. The van der Waals surface area contributed by atoms with Crippen LogP contribution in [0.3, 0.4) is 0 Å². The molecule has 1 atom stereocenters. The van der Waals surface area contributed by atoms with Crippen LogP contribution in [0, 0.1) is 22.0 Å². The Labute approximate surface area is 166 Å².